The molecule has 0 spiro atoms. The molecule has 3 rings (SSSR count). The zero-order valence-electron chi connectivity index (χ0n) is 12.3. The van der Waals surface area contributed by atoms with Gasteiger partial charge in [0.2, 0.25) is 0 Å². The molecule has 1 unspecified atom stereocenters. The van der Waals surface area contributed by atoms with Crippen molar-refractivity contribution in [2.24, 2.45) is 0 Å². The van der Waals surface area contributed by atoms with Crippen LogP contribution in [0.1, 0.15) is 28.9 Å². The van der Waals surface area contributed by atoms with Crippen LogP contribution < -0.4 is 5.32 Å². The summed E-state index contributed by atoms with van der Waals surface area (Å²) in [6.45, 7) is 1.92. The molecular formula is C16H14ClN5O. The van der Waals surface area contributed by atoms with E-state index in [-0.39, 0.29) is 11.9 Å². The minimum absolute atomic E-state index is 0.140. The molecule has 1 N–H and O–H groups in total. The van der Waals surface area contributed by atoms with Crippen molar-refractivity contribution in [3.63, 3.8) is 0 Å². The summed E-state index contributed by atoms with van der Waals surface area (Å²) < 4.78 is 1.67. The molecule has 1 atom stereocenters. The fraction of sp³-hybridized carbons (Fsp3) is 0.125. The van der Waals surface area contributed by atoms with Crippen LogP contribution in [0.3, 0.4) is 0 Å². The molecule has 1 amide bonds. The molecule has 7 heteroatoms. The Labute approximate surface area is 138 Å². The number of hydrogen-bond donors (Lipinski definition) is 1. The Morgan fingerprint density at radius 3 is 2.70 bits per heavy atom. The van der Waals surface area contributed by atoms with E-state index in [0.717, 1.165) is 11.3 Å². The standard InChI is InChI=1S/C16H14ClN5O/c1-11(21-16(23)13-6-7-19-15(17)8-13)12-2-4-14(5-3-12)22-10-18-9-20-22/h2-11H,1H3,(H,21,23). The molecule has 0 saturated carbocycles. The second-order valence-corrected chi connectivity index (χ2v) is 5.38. The van der Waals surface area contributed by atoms with Crippen LogP contribution in [0.5, 0.6) is 0 Å². The number of nitrogens with zero attached hydrogens (tertiary/aromatic N) is 4. The van der Waals surface area contributed by atoms with Gasteiger partial charge in [-0.25, -0.2) is 14.6 Å². The average molecular weight is 328 g/mol. The van der Waals surface area contributed by atoms with Gasteiger partial charge in [0.15, 0.2) is 0 Å². The van der Waals surface area contributed by atoms with Gasteiger partial charge in [-0.2, -0.15) is 5.10 Å². The maximum absolute atomic E-state index is 12.2. The zero-order chi connectivity index (χ0) is 16.2. The highest BCUT2D eigenvalue weighted by Crippen LogP contribution is 2.16. The Hall–Kier alpha value is -2.73. The van der Waals surface area contributed by atoms with Gasteiger partial charge in [-0.3, -0.25) is 4.79 Å². The number of nitrogens with one attached hydrogen (secondary N) is 1. The maximum Gasteiger partial charge on any atom is 0.251 e. The van der Waals surface area contributed by atoms with Crippen LogP contribution in [0.4, 0.5) is 0 Å². The van der Waals surface area contributed by atoms with E-state index < -0.39 is 0 Å². The van der Waals surface area contributed by atoms with Gasteiger partial charge in [-0.05, 0) is 36.8 Å². The van der Waals surface area contributed by atoms with Crippen LogP contribution in [-0.2, 0) is 0 Å². The summed E-state index contributed by atoms with van der Waals surface area (Å²) in [4.78, 5) is 20.0. The third-order valence-electron chi connectivity index (χ3n) is 3.41. The predicted molar refractivity (Wildman–Crippen MR) is 86.5 cm³/mol. The lowest BCUT2D eigenvalue weighted by Gasteiger charge is -2.15. The first-order chi connectivity index (χ1) is 11.1. The van der Waals surface area contributed by atoms with E-state index in [9.17, 15) is 4.79 Å². The van der Waals surface area contributed by atoms with Gasteiger partial charge in [-0.1, -0.05) is 23.7 Å². The van der Waals surface area contributed by atoms with Gasteiger partial charge in [-0.15, -0.1) is 0 Å². The fourth-order valence-electron chi connectivity index (χ4n) is 2.16. The summed E-state index contributed by atoms with van der Waals surface area (Å²) in [5.41, 5.74) is 2.38. The summed E-state index contributed by atoms with van der Waals surface area (Å²) in [6.07, 6.45) is 4.62. The molecule has 23 heavy (non-hydrogen) atoms. The Morgan fingerprint density at radius 2 is 2.04 bits per heavy atom. The number of amides is 1. The molecule has 0 saturated heterocycles. The molecule has 2 aromatic heterocycles. The highest BCUT2D eigenvalue weighted by Gasteiger charge is 2.12. The molecule has 0 aliphatic carbocycles. The van der Waals surface area contributed by atoms with Crippen molar-refractivity contribution in [1.29, 1.82) is 0 Å². The van der Waals surface area contributed by atoms with Crippen molar-refractivity contribution in [2.75, 3.05) is 0 Å². The number of carbonyl (C=O) groups is 1. The number of aromatic nitrogens is 4. The van der Waals surface area contributed by atoms with E-state index in [2.05, 4.69) is 20.4 Å². The smallest absolute Gasteiger partial charge is 0.251 e. The van der Waals surface area contributed by atoms with Crippen molar-refractivity contribution in [2.45, 2.75) is 13.0 Å². The first-order valence-corrected chi connectivity index (χ1v) is 7.38. The predicted octanol–water partition coefficient (Wildman–Crippen LogP) is 2.81. The van der Waals surface area contributed by atoms with Gasteiger partial charge in [0.25, 0.3) is 5.91 Å². The third-order valence-corrected chi connectivity index (χ3v) is 3.62. The van der Waals surface area contributed by atoms with Gasteiger partial charge in [0, 0.05) is 11.8 Å². The van der Waals surface area contributed by atoms with E-state index in [0.29, 0.717) is 10.7 Å². The average Bonchev–Trinajstić information content (AvgIpc) is 3.09. The SMILES string of the molecule is CC(NC(=O)c1ccnc(Cl)c1)c1ccc(-n2cncn2)cc1. The second-order valence-electron chi connectivity index (χ2n) is 4.99. The van der Waals surface area contributed by atoms with Crippen LogP contribution in [0.2, 0.25) is 5.15 Å². The Bertz CT molecular complexity index is 802. The van der Waals surface area contributed by atoms with E-state index in [1.807, 2.05) is 31.2 Å². The van der Waals surface area contributed by atoms with Crippen molar-refractivity contribution in [1.82, 2.24) is 25.1 Å². The molecule has 0 fully saturated rings. The monoisotopic (exact) mass is 327 g/mol. The number of pyridine rings is 1. The van der Waals surface area contributed by atoms with Crippen molar-refractivity contribution < 1.29 is 4.79 Å². The lowest BCUT2D eigenvalue weighted by molar-refractivity contribution is 0.0940. The lowest BCUT2D eigenvalue weighted by atomic mass is 10.1. The minimum Gasteiger partial charge on any atom is -0.346 e. The zero-order valence-corrected chi connectivity index (χ0v) is 13.1. The Morgan fingerprint density at radius 1 is 1.26 bits per heavy atom. The number of carbonyl (C=O) groups excluding carboxylic acids is 1. The molecule has 1 aromatic carbocycles. The van der Waals surface area contributed by atoms with Crippen molar-refractivity contribution in [3.05, 3.63) is 71.5 Å². The number of rotatable bonds is 4. The van der Waals surface area contributed by atoms with Gasteiger partial charge in [0.05, 0.1) is 11.7 Å². The molecule has 0 bridgehead atoms. The number of halogens is 1. The Kier molecular flexibility index (Phi) is 4.34. The van der Waals surface area contributed by atoms with Crippen LogP contribution in [0, 0.1) is 0 Å². The summed E-state index contributed by atoms with van der Waals surface area (Å²) in [5, 5.41) is 7.30. The first kappa shape index (κ1) is 15.2. The first-order valence-electron chi connectivity index (χ1n) is 7.01. The molecule has 0 radical (unpaired) electrons. The van der Waals surface area contributed by atoms with E-state index in [4.69, 9.17) is 11.6 Å². The van der Waals surface area contributed by atoms with Gasteiger partial charge in [0.1, 0.15) is 17.8 Å². The second kappa shape index (κ2) is 6.58. The summed E-state index contributed by atoms with van der Waals surface area (Å²) >= 11 is 5.80. The number of benzene rings is 1. The molecule has 2 heterocycles. The lowest BCUT2D eigenvalue weighted by Crippen LogP contribution is -2.26. The highest BCUT2D eigenvalue weighted by atomic mass is 35.5. The Balaban J connectivity index is 1.70. The van der Waals surface area contributed by atoms with Crippen LogP contribution in [-0.4, -0.2) is 25.7 Å². The van der Waals surface area contributed by atoms with E-state index in [1.165, 1.54) is 18.6 Å². The normalized spacial score (nSPS) is 11.9. The largest absolute Gasteiger partial charge is 0.346 e. The minimum atomic E-state index is -0.192. The van der Waals surface area contributed by atoms with Gasteiger partial charge < -0.3 is 5.32 Å². The maximum atomic E-state index is 12.2. The summed E-state index contributed by atoms with van der Waals surface area (Å²) in [6, 6.07) is 10.8. The van der Waals surface area contributed by atoms with Crippen molar-refractivity contribution in [3.8, 4) is 5.69 Å². The number of hydrogen-bond acceptors (Lipinski definition) is 4. The van der Waals surface area contributed by atoms with Crippen LogP contribution >= 0.6 is 11.6 Å². The molecule has 0 aliphatic rings. The molecule has 116 valence electrons. The van der Waals surface area contributed by atoms with E-state index >= 15 is 0 Å². The quantitative estimate of drug-likeness (QED) is 0.748. The van der Waals surface area contributed by atoms with Crippen LogP contribution in [0.15, 0.2) is 55.2 Å². The fourth-order valence-corrected chi connectivity index (χ4v) is 2.34. The molecular weight excluding hydrogens is 314 g/mol. The molecule has 0 aliphatic heterocycles. The summed E-state index contributed by atoms with van der Waals surface area (Å²) in [5.74, 6) is -0.192. The van der Waals surface area contributed by atoms with Crippen molar-refractivity contribution >= 4 is 17.5 Å². The molecule has 6 nitrogen and oxygen atoms in total. The van der Waals surface area contributed by atoms with Gasteiger partial charge >= 0.3 is 0 Å². The molecule has 3 aromatic rings. The topological polar surface area (TPSA) is 72.7 Å². The third kappa shape index (κ3) is 3.54. The van der Waals surface area contributed by atoms with E-state index in [1.54, 1.807) is 17.1 Å². The highest BCUT2D eigenvalue weighted by molar-refractivity contribution is 6.29. The summed E-state index contributed by atoms with van der Waals surface area (Å²) in [7, 11) is 0. The van der Waals surface area contributed by atoms with Crippen LogP contribution in [0.25, 0.3) is 5.69 Å².